The number of halogens is 4. The molecule has 8 nitrogen and oxygen atoms in total. The van der Waals surface area contributed by atoms with Crippen molar-refractivity contribution in [1.82, 2.24) is 39.8 Å². The number of hydrogen-bond donors (Lipinski definition) is 1. The fourth-order valence-electron chi connectivity index (χ4n) is 5.87. The Balaban J connectivity index is 1.26. The largest absolute Gasteiger partial charge is 0.418 e. The predicted molar refractivity (Wildman–Crippen MR) is 161 cm³/mol. The van der Waals surface area contributed by atoms with E-state index in [4.69, 9.17) is 4.98 Å². The molecule has 0 amide bonds. The summed E-state index contributed by atoms with van der Waals surface area (Å²) < 4.78 is 60.0. The van der Waals surface area contributed by atoms with Gasteiger partial charge in [-0.15, -0.1) is 10.2 Å². The lowest BCUT2D eigenvalue weighted by atomic mass is 9.80. The maximum Gasteiger partial charge on any atom is 0.418 e. The molecule has 0 aliphatic heterocycles. The summed E-state index contributed by atoms with van der Waals surface area (Å²) >= 11 is 0. The fourth-order valence-corrected chi connectivity index (χ4v) is 5.87. The third-order valence-electron chi connectivity index (χ3n) is 8.88. The molecule has 2 aliphatic carbocycles. The van der Waals surface area contributed by atoms with Crippen molar-refractivity contribution in [1.29, 1.82) is 0 Å². The molecule has 0 spiro atoms. The lowest BCUT2D eigenvalue weighted by Gasteiger charge is -2.32. The summed E-state index contributed by atoms with van der Waals surface area (Å²) in [4.78, 5) is 9.30. The summed E-state index contributed by atoms with van der Waals surface area (Å²) in [7, 11) is 1.78. The number of nitrogens with zero attached hydrogens (tertiary/aromatic N) is 7. The molecule has 45 heavy (non-hydrogen) atoms. The monoisotopic (exact) mass is 616 g/mol. The Morgan fingerprint density at radius 3 is 2.49 bits per heavy atom. The van der Waals surface area contributed by atoms with Crippen LogP contribution in [-0.2, 0) is 19.8 Å². The van der Waals surface area contributed by atoms with E-state index < -0.39 is 17.6 Å². The minimum atomic E-state index is -4.59. The highest BCUT2D eigenvalue weighted by molar-refractivity contribution is 5.81. The highest BCUT2D eigenvalue weighted by Gasteiger charge is 2.35. The summed E-state index contributed by atoms with van der Waals surface area (Å²) in [5.41, 5.74) is 2.66. The summed E-state index contributed by atoms with van der Waals surface area (Å²) in [6.07, 6.45) is 5.40. The van der Waals surface area contributed by atoms with Crippen LogP contribution in [0.3, 0.4) is 0 Å². The number of alkyl halides is 3. The molecule has 12 heteroatoms. The average molecular weight is 617 g/mol. The molecule has 232 valence electrons. The Labute approximate surface area is 257 Å². The molecule has 0 unspecified atom stereocenters. The molecule has 4 aromatic heterocycles. The second-order valence-electron chi connectivity index (χ2n) is 12.1. The zero-order valence-corrected chi connectivity index (χ0v) is 24.9. The van der Waals surface area contributed by atoms with Crippen molar-refractivity contribution in [2.24, 2.45) is 13.0 Å². The van der Waals surface area contributed by atoms with Gasteiger partial charge in [-0.05, 0) is 86.1 Å². The van der Waals surface area contributed by atoms with Gasteiger partial charge in [0.1, 0.15) is 12.1 Å². The SMILES string of the molecule is C[C@H](NCc1ccc(C(F)(F)F)c(-c2cnn(-c3cc(-c4ccc(F)cc4-c4nncn4C)cc(C4CC4)n3)c2)n1)C1CCC1. The van der Waals surface area contributed by atoms with Crippen molar-refractivity contribution in [2.45, 2.75) is 63.7 Å². The molecule has 1 aromatic carbocycles. The molecular weight excluding hydrogens is 584 g/mol. The summed E-state index contributed by atoms with van der Waals surface area (Å²) in [5.74, 6) is 1.39. The average Bonchev–Trinajstić information content (AvgIpc) is 3.56. The molecule has 0 bridgehead atoms. The molecule has 1 atom stereocenters. The maximum absolute atomic E-state index is 14.4. The number of rotatable bonds is 9. The normalized spacial score (nSPS) is 16.1. The zero-order chi connectivity index (χ0) is 31.3. The summed E-state index contributed by atoms with van der Waals surface area (Å²) in [6.45, 7) is 2.48. The van der Waals surface area contributed by atoms with E-state index in [2.05, 4.69) is 32.5 Å². The molecule has 2 fully saturated rings. The van der Waals surface area contributed by atoms with Crippen LogP contribution in [0.5, 0.6) is 0 Å². The molecular formula is C33H32F4N8. The standard InChI is InChI=1S/C33H32F4N8/c1-19(20-4-3-5-20)38-16-25-9-11-28(33(35,36)37)31(41-25)23-15-40-45(17-23)30-13-22(12-29(42-30)21-6-7-21)26-10-8-24(34)14-27(26)32-43-39-18-44(32)2/h8-15,17-21,38H,3-7,16H2,1-2H3/t19-/m0/s1. The van der Waals surface area contributed by atoms with E-state index in [1.54, 1.807) is 30.1 Å². The van der Waals surface area contributed by atoms with Gasteiger partial charge in [-0.1, -0.05) is 12.5 Å². The van der Waals surface area contributed by atoms with E-state index in [1.165, 1.54) is 54.5 Å². The molecule has 5 aromatic rings. The molecule has 1 N–H and O–H groups in total. The first kappa shape index (κ1) is 29.3. The van der Waals surface area contributed by atoms with Gasteiger partial charge in [0.05, 0.1) is 23.1 Å². The lowest BCUT2D eigenvalue weighted by molar-refractivity contribution is -0.137. The summed E-state index contributed by atoms with van der Waals surface area (Å²) in [6, 6.07) is 11.1. The van der Waals surface area contributed by atoms with Crippen LogP contribution in [0.15, 0.2) is 61.2 Å². The van der Waals surface area contributed by atoms with Crippen molar-refractivity contribution < 1.29 is 17.6 Å². The first-order valence-corrected chi connectivity index (χ1v) is 15.2. The highest BCUT2D eigenvalue weighted by atomic mass is 19.4. The Morgan fingerprint density at radius 2 is 1.80 bits per heavy atom. The van der Waals surface area contributed by atoms with E-state index >= 15 is 0 Å². The van der Waals surface area contributed by atoms with Gasteiger partial charge in [0.15, 0.2) is 11.6 Å². The number of aryl methyl sites for hydroxylation is 1. The number of aromatic nitrogens is 7. The van der Waals surface area contributed by atoms with Crippen LogP contribution in [0.2, 0.25) is 0 Å². The number of pyridine rings is 2. The first-order valence-electron chi connectivity index (χ1n) is 15.2. The van der Waals surface area contributed by atoms with E-state index in [0.29, 0.717) is 35.4 Å². The second-order valence-corrected chi connectivity index (χ2v) is 12.1. The van der Waals surface area contributed by atoms with Crippen molar-refractivity contribution in [3.63, 3.8) is 0 Å². The van der Waals surface area contributed by atoms with Gasteiger partial charge in [-0.3, -0.25) is 4.98 Å². The molecule has 0 saturated heterocycles. The van der Waals surface area contributed by atoms with E-state index in [-0.39, 0.29) is 23.2 Å². The minimum Gasteiger partial charge on any atom is -0.317 e. The molecule has 0 radical (unpaired) electrons. The van der Waals surface area contributed by atoms with Gasteiger partial charge < -0.3 is 9.88 Å². The number of nitrogens with one attached hydrogen (secondary N) is 1. The van der Waals surface area contributed by atoms with Crippen LogP contribution in [0.25, 0.3) is 39.6 Å². The fraction of sp³-hybridized carbons (Fsp3) is 0.364. The number of hydrogen-bond acceptors (Lipinski definition) is 6. The molecule has 4 heterocycles. The first-order chi connectivity index (χ1) is 21.6. The van der Waals surface area contributed by atoms with Gasteiger partial charge >= 0.3 is 6.18 Å². The van der Waals surface area contributed by atoms with Crippen LogP contribution >= 0.6 is 0 Å². The Bertz CT molecular complexity index is 1850. The van der Waals surface area contributed by atoms with E-state index in [1.807, 2.05) is 6.07 Å². The Hall–Kier alpha value is -4.45. The van der Waals surface area contributed by atoms with Gasteiger partial charge in [0, 0.05) is 48.6 Å². The Kier molecular flexibility index (Phi) is 7.47. The minimum absolute atomic E-state index is 0.175. The smallest absolute Gasteiger partial charge is 0.317 e. The Morgan fingerprint density at radius 1 is 0.978 bits per heavy atom. The second kappa shape index (κ2) is 11.5. The topological polar surface area (TPSA) is 86.3 Å². The van der Waals surface area contributed by atoms with Crippen LogP contribution in [0.4, 0.5) is 17.6 Å². The quantitative estimate of drug-likeness (QED) is 0.178. The van der Waals surface area contributed by atoms with Gasteiger partial charge in [0.2, 0.25) is 0 Å². The van der Waals surface area contributed by atoms with Crippen molar-refractivity contribution in [2.75, 3.05) is 0 Å². The predicted octanol–water partition coefficient (Wildman–Crippen LogP) is 7.11. The van der Waals surface area contributed by atoms with Crippen LogP contribution < -0.4 is 5.32 Å². The molecule has 7 rings (SSSR count). The maximum atomic E-state index is 14.4. The van der Waals surface area contributed by atoms with Crippen LogP contribution in [-0.4, -0.2) is 40.6 Å². The van der Waals surface area contributed by atoms with E-state index in [9.17, 15) is 17.6 Å². The van der Waals surface area contributed by atoms with Crippen molar-refractivity contribution >= 4 is 0 Å². The van der Waals surface area contributed by atoms with Gasteiger partial charge in [0.25, 0.3) is 0 Å². The third kappa shape index (κ3) is 5.98. The number of benzene rings is 1. The zero-order valence-electron chi connectivity index (χ0n) is 24.9. The highest BCUT2D eigenvalue weighted by Crippen LogP contribution is 2.42. The van der Waals surface area contributed by atoms with Crippen molar-refractivity contribution in [3.05, 3.63) is 84.0 Å². The van der Waals surface area contributed by atoms with E-state index in [0.717, 1.165) is 35.7 Å². The molecule has 2 saturated carbocycles. The van der Waals surface area contributed by atoms with Gasteiger partial charge in [-0.25, -0.2) is 14.1 Å². The van der Waals surface area contributed by atoms with Crippen LogP contribution in [0, 0.1) is 11.7 Å². The van der Waals surface area contributed by atoms with Gasteiger partial charge in [-0.2, -0.15) is 18.3 Å². The van der Waals surface area contributed by atoms with Crippen LogP contribution in [0.1, 0.15) is 61.9 Å². The molecule has 2 aliphatic rings. The third-order valence-corrected chi connectivity index (χ3v) is 8.88. The lowest BCUT2D eigenvalue weighted by Crippen LogP contribution is -2.36. The van der Waals surface area contributed by atoms with Crippen molar-refractivity contribution in [3.8, 4) is 39.6 Å². The summed E-state index contributed by atoms with van der Waals surface area (Å²) in [5, 5.41) is 16.0.